The van der Waals surface area contributed by atoms with Gasteiger partial charge in [0.2, 0.25) is 0 Å². The lowest BCUT2D eigenvalue weighted by molar-refractivity contribution is -0.148. The maximum absolute atomic E-state index is 10.9. The molecule has 1 heterocycles. The summed E-state index contributed by atoms with van der Waals surface area (Å²) in [5.74, 6) is -0.100. The quantitative estimate of drug-likeness (QED) is 0.738. The van der Waals surface area contributed by atoms with Gasteiger partial charge < -0.3 is 14.6 Å². The normalized spacial score (nSPS) is 21.1. The van der Waals surface area contributed by atoms with Crippen LogP contribution in [0.15, 0.2) is 0 Å². The van der Waals surface area contributed by atoms with Crippen LogP contribution in [0.2, 0.25) is 0 Å². The van der Waals surface area contributed by atoms with Crippen molar-refractivity contribution in [1.29, 1.82) is 0 Å². The number of hydrogen-bond acceptors (Lipinski definition) is 5. The average molecular weight is 246 g/mol. The van der Waals surface area contributed by atoms with Gasteiger partial charge in [-0.1, -0.05) is 0 Å². The van der Waals surface area contributed by atoms with Gasteiger partial charge in [-0.05, 0) is 26.7 Å². The van der Waals surface area contributed by atoms with Crippen molar-refractivity contribution in [1.82, 2.24) is 0 Å². The predicted molar refractivity (Wildman–Crippen MR) is 62.6 cm³/mol. The number of cyclic esters (lactones) is 1. The number of ether oxygens (including phenoxy) is 2. The Hall–Kier alpha value is -0.940. The largest absolute Gasteiger partial charge is 0.463 e. The topological polar surface area (TPSA) is 72.8 Å². The van der Waals surface area contributed by atoms with Crippen molar-refractivity contribution in [2.45, 2.75) is 45.6 Å². The van der Waals surface area contributed by atoms with Gasteiger partial charge in [0.1, 0.15) is 5.78 Å². The van der Waals surface area contributed by atoms with Crippen LogP contribution in [0, 0.1) is 0 Å². The standard InChI is InChI=1S/C8H14O3.C4H8O2/c1-7-3-2-5-10-6-4-8(9)11-7;1-4(6)2-3-5/h7H,2-6H2,1H3;5H,2-3H2,1H3. The van der Waals surface area contributed by atoms with E-state index in [2.05, 4.69) is 0 Å². The smallest absolute Gasteiger partial charge is 0.308 e. The van der Waals surface area contributed by atoms with Crippen LogP contribution in [0.3, 0.4) is 0 Å². The molecule has 1 aliphatic rings. The van der Waals surface area contributed by atoms with Gasteiger partial charge in [-0.15, -0.1) is 0 Å². The van der Waals surface area contributed by atoms with E-state index in [1.807, 2.05) is 6.92 Å². The number of aliphatic hydroxyl groups excluding tert-OH is 1. The van der Waals surface area contributed by atoms with Gasteiger partial charge in [0.25, 0.3) is 0 Å². The molecule has 0 aliphatic carbocycles. The average Bonchev–Trinajstić information content (AvgIpc) is 2.31. The summed E-state index contributed by atoms with van der Waals surface area (Å²) in [6.07, 6.45) is 2.63. The molecule has 0 aromatic carbocycles. The first-order valence-corrected chi connectivity index (χ1v) is 5.93. The first kappa shape index (κ1) is 16.1. The number of esters is 1. The Labute approximate surface area is 102 Å². The third-order valence-electron chi connectivity index (χ3n) is 2.15. The number of carbonyl (C=O) groups excluding carboxylic acids is 2. The van der Waals surface area contributed by atoms with E-state index in [0.29, 0.717) is 19.4 Å². The Morgan fingerprint density at radius 3 is 2.71 bits per heavy atom. The maximum Gasteiger partial charge on any atom is 0.308 e. The Balaban J connectivity index is 0.000000366. The molecule has 1 atom stereocenters. The SMILES string of the molecule is CC(=O)CCO.CC1CCCOCCC(=O)O1. The number of Topliss-reactive ketones (excluding diaryl/α,β-unsaturated/α-hetero) is 1. The highest BCUT2D eigenvalue weighted by Gasteiger charge is 2.11. The Bertz CT molecular complexity index is 227. The fraction of sp³-hybridized carbons (Fsp3) is 0.833. The molecule has 1 rings (SSSR count). The van der Waals surface area contributed by atoms with Crippen molar-refractivity contribution < 1.29 is 24.2 Å². The first-order chi connectivity index (χ1) is 8.06. The summed E-state index contributed by atoms with van der Waals surface area (Å²) < 4.78 is 10.2. The van der Waals surface area contributed by atoms with Gasteiger partial charge in [0.15, 0.2) is 0 Å². The molecule has 0 aromatic heterocycles. The Morgan fingerprint density at radius 1 is 1.47 bits per heavy atom. The lowest BCUT2D eigenvalue weighted by Crippen LogP contribution is -2.14. The molecule has 5 nitrogen and oxygen atoms in total. The number of rotatable bonds is 2. The summed E-state index contributed by atoms with van der Waals surface area (Å²) >= 11 is 0. The lowest BCUT2D eigenvalue weighted by Gasteiger charge is -2.09. The van der Waals surface area contributed by atoms with E-state index in [9.17, 15) is 9.59 Å². The van der Waals surface area contributed by atoms with Crippen molar-refractivity contribution in [3.05, 3.63) is 0 Å². The van der Waals surface area contributed by atoms with E-state index in [4.69, 9.17) is 14.6 Å². The zero-order chi connectivity index (χ0) is 13.1. The highest BCUT2D eigenvalue weighted by Crippen LogP contribution is 2.06. The van der Waals surface area contributed by atoms with E-state index >= 15 is 0 Å². The van der Waals surface area contributed by atoms with Crippen molar-refractivity contribution in [2.24, 2.45) is 0 Å². The second kappa shape index (κ2) is 10.2. The van der Waals surface area contributed by atoms with Gasteiger partial charge in [-0.2, -0.15) is 0 Å². The molecule has 5 heteroatoms. The summed E-state index contributed by atoms with van der Waals surface area (Å²) in [6.45, 7) is 4.61. The number of ketones is 1. The van der Waals surface area contributed by atoms with Crippen molar-refractivity contribution in [2.75, 3.05) is 19.8 Å². The minimum atomic E-state index is -0.139. The van der Waals surface area contributed by atoms with Crippen LogP contribution in [0.4, 0.5) is 0 Å². The van der Waals surface area contributed by atoms with Gasteiger partial charge in [-0.25, -0.2) is 0 Å². The molecule has 0 radical (unpaired) electrons. The van der Waals surface area contributed by atoms with Gasteiger partial charge in [-0.3, -0.25) is 9.59 Å². The second-order valence-electron chi connectivity index (χ2n) is 3.98. The monoisotopic (exact) mass is 246 g/mol. The molecule has 1 saturated heterocycles. The summed E-state index contributed by atoms with van der Waals surface area (Å²) in [5.41, 5.74) is 0. The van der Waals surface area contributed by atoms with E-state index in [0.717, 1.165) is 19.4 Å². The van der Waals surface area contributed by atoms with E-state index in [-0.39, 0.29) is 24.5 Å². The van der Waals surface area contributed by atoms with Crippen molar-refractivity contribution in [3.63, 3.8) is 0 Å². The minimum absolute atomic E-state index is 0.0185. The van der Waals surface area contributed by atoms with Crippen LogP contribution < -0.4 is 0 Å². The van der Waals surface area contributed by atoms with E-state index < -0.39 is 0 Å². The third-order valence-corrected chi connectivity index (χ3v) is 2.15. The van der Waals surface area contributed by atoms with Crippen LogP contribution in [0.1, 0.15) is 39.5 Å². The highest BCUT2D eigenvalue weighted by molar-refractivity contribution is 5.75. The van der Waals surface area contributed by atoms with Crippen molar-refractivity contribution >= 4 is 11.8 Å². The predicted octanol–water partition coefficient (Wildman–Crippen LogP) is 1.08. The van der Waals surface area contributed by atoms with E-state index in [1.165, 1.54) is 6.92 Å². The molecule has 0 spiro atoms. The number of aliphatic hydroxyl groups is 1. The molecule has 0 amide bonds. The summed E-state index contributed by atoms with van der Waals surface area (Å²) in [7, 11) is 0. The van der Waals surface area contributed by atoms with Crippen molar-refractivity contribution in [3.8, 4) is 0 Å². The molecule has 1 fully saturated rings. The molecule has 1 N–H and O–H groups in total. The zero-order valence-electron chi connectivity index (χ0n) is 10.6. The second-order valence-corrected chi connectivity index (χ2v) is 3.98. The third kappa shape index (κ3) is 11.3. The van der Waals surface area contributed by atoms with Crippen LogP contribution >= 0.6 is 0 Å². The lowest BCUT2D eigenvalue weighted by atomic mass is 10.2. The fourth-order valence-corrected chi connectivity index (χ4v) is 1.23. The first-order valence-electron chi connectivity index (χ1n) is 5.93. The number of carbonyl (C=O) groups is 2. The summed E-state index contributed by atoms with van der Waals surface area (Å²) in [6, 6.07) is 0. The number of hydrogen-bond donors (Lipinski definition) is 1. The maximum atomic E-state index is 10.9. The molecule has 1 aliphatic heterocycles. The highest BCUT2D eigenvalue weighted by atomic mass is 16.5. The zero-order valence-corrected chi connectivity index (χ0v) is 10.6. The summed E-state index contributed by atoms with van der Waals surface area (Å²) in [4.78, 5) is 20.8. The van der Waals surface area contributed by atoms with Crippen LogP contribution in [-0.4, -0.2) is 42.8 Å². The molecule has 100 valence electrons. The molecule has 0 saturated carbocycles. The van der Waals surface area contributed by atoms with Gasteiger partial charge >= 0.3 is 5.97 Å². The molecular formula is C12H22O5. The summed E-state index contributed by atoms with van der Waals surface area (Å²) in [5, 5.41) is 8.02. The van der Waals surface area contributed by atoms with Crippen LogP contribution in [0.5, 0.6) is 0 Å². The minimum Gasteiger partial charge on any atom is -0.463 e. The molecule has 0 aromatic rings. The molecule has 1 unspecified atom stereocenters. The van der Waals surface area contributed by atoms with E-state index in [1.54, 1.807) is 0 Å². The van der Waals surface area contributed by atoms with Crippen LogP contribution in [0.25, 0.3) is 0 Å². The molecular weight excluding hydrogens is 224 g/mol. The molecule has 0 bridgehead atoms. The van der Waals surface area contributed by atoms with Gasteiger partial charge in [0, 0.05) is 19.6 Å². The Morgan fingerprint density at radius 2 is 2.18 bits per heavy atom. The Kier molecular flexibility index (Phi) is 9.66. The van der Waals surface area contributed by atoms with Gasteiger partial charge in [0.05, 0.1) is 19.1 Å². The fourth-order valence-electron chi connectivity index (χ4n) is 1.23. The van der Waals surface area contributed by atoms with Crippen LogP contribution in [-0.2, 0) is 19.1 Å². The molecule has 17 heavy (non-hydrogen) atoms.